The summed E-state index contributed by atoms with van der Waals surface area (Å²) in [6, 6.07) is 5.94. The SMILES string of the molecule is Cc1cc(Nc2ncccc2C)nc(C2CCCNC2)n1.Cl. The number of pyridine rings is 1. The van der Waals surface area contributed by atoms with E-state index in [9.17, 15) is 0 Å². The lowest BCUT2D eigenvalue weighted by atomic mass is 9.99. The fourth-order valence-electron chi connectivity index (χ4n) is 2.65. The molecule has 22 heavy (non-hydrogen) atoms. The highest BCUT2D eigenvalue weighted by molar-refractivity contribution is 5.85. The molecule has 5 nitrogen and oxygen atoms in total. The predicted molar refractivity (Wildman–Crippen MR) is 91.1 cm³/mol. The molecule has 118 valence electrons. The highest BCUT2D eigenvalue weighted by Crippen LogP contribution is 2.23. The molecule has 0 saturated carbocycles. The summed E-state index contributed by atoms with van der Waals surface area (Å²) < 4.78 is 0. The molecule has 1 atom stereocenters. The van der Waals surface area contributed by atoms with E-state index < -0.39 is 0 Å². The van der Waals surface area contributed by atoms with Crippen LogP contribution in [0.25, 0.3) is 0 Å². The Morgan fingerprint density at radius 1 is 1.27 bits per heavy atom. The molecule has 6 heteroatoms. The van der Waals surface area contributed by atoms with Crippen molar-refractivity contribution < 1.29 is 0 Å². The third kappa shape index (κ3) is 3.93. The van der Waals surface area contributed by atoms with Crippen LogP contribution in [0.3, 0.4) is 0 Å². The Kier molecular flexibility index (Phi) is 5.69. The van der Waals surface area contributed by atoms with Gasteiger partial charge >= 0.3 is 0 Å². The van der Waals surface area contributed by atoms with Gasteiger partial charge in [-0.2, -0.15) is 0 Å². The fourth-order valence-corrected chi connectivity index (χ4v) is 2.65. The van der Waals surface area contributed by atoms with Crippen LogP contribution in [0.2, 0.25) is 0 Å². The first kappa shape index (κ1) is 16.6. The molecule has 3 heterocycles. The lowest BCUT2D eigenvalue weighted by molar-refractivity contribution is 0.446. The van der Waals surface area contributed by atoms with Crippen molar-refractivity contribution in [2.45, 2.75) is 32.6 Å². The van der Waals surface area contributed by atoms with Gasteiger partial charge in [0.2, 0.25) is 0 Å². The van der Waals surface area contributed by atoms with Crippen LogP contribution < -0.4 is 10.6 Å². The quantitative estimate of drug-likeness (QED) is 0.910. The molecule has 0 aliphatic carbocycles. The van der Waals surface area contributed by atoms with E-state index >= 15 is 0 Å². The molecule has 3 rings (SSSR count). The predicted octanol–water partition coefficient (Wildman–Crippen LogP) is 3.12. The van der Waals surface area contributed by atoms with Crippen LogP contribution in [0.4, 0.5) is 11.6 Å². The molecule has 2 aromatic heterocycles. The monoisotopic (exact) mass is 319 g/mol. The Balaban J connectivity index is 0.00000176. The maximum absolute atomic E-state index is 4.69. The summed E-state index contributed by atoms with van der Waals surface area (Å²) in [5.41, 5.74) is 2.09. The number of halogens is 1. The van der Waals surface area contributed by atoms with Gasteiger partial charge in [-0.05, 0) is 44.9 Å². The van der Waals surface area contributed by atoms with Crippen LogP contribution in [0, 0.1) is 13.8 Å². The summed E-state index contributed by atoms with van der Waals surface area (Å²) in [4.78, 5) is 13.7. The standard InChI is InChI=1S/C16H21N5.ClH/c1-11-5-3-8-18-15(11)20-14-9-12(2)19-16(21-14)13-6-4-7-17-10-13;/h3,5,8-9,13,17H,4,6-7,10H2,1-2H3,(H,18,19,20,21);1H. The van der Waals surface area contributed by atoms with Gasteiger partial charge in [-0.1, -0.05) is 6.07 Å². The highest BCUT2D eigenvalue weighted by Gasteiger charge is 2.18. The second-order valence-corrected chi connectivity index (χ2v) is 5.59. The lowest BCUT2D eigenvalue weighted by Crippen LogP contribution is -2.29. The summed E-state index contributed by atoms with van der Waals surface area (Å²) in [5, 5.41) is 6.73. The molecule has 1 aliphatic heterocycles. The number of piperidine rings is 1. The molecule has 2 N–H and O–H groups in total. The largest absolute Gasteiger partial charge is 0.325 e. The van der Waals surface area contributed by atoms with Crippen molar-refractivity contribution in [2.24, 2.45) is 0 Å². The Morgan fingerprint density at radius 2 is 2.14 bits per heavy atom. The van der Waals surface area contributed by atoms with Crippen molar-refractivity contribution in [1.82, 2.24) is 20.3 Å². The van der Waals surface area contributed by atoms with Crippen molar-refractivity contribution in [1.29, 1.82) is 0 Å². The Bertz CT molecular complexity index is 626. The molecule has 1 fully saturated rings. The zero-order valence-corrected chi connectivity index (χ0v) is 13.8. The van der Waals surface area contributed by atoms with Crippen LogP contribution in [0.15, 0.2) is 24.4 Å². The third-order valence-corrected chi connectivity index (χ3v) is 3.79. The van der Waals surface area contributed by atoms with Gasteiger partial charge in [0, 0.05) is 30.4 Å². The number of nitrogens with zero attached hydrogens (tertiary/aromatic N) is 3. The van der Waals surface area contributed by atoms with Crippen LogP contribution in [-0.4, -0.2) is 28.0 Å². The van der Waals surface area contributed by atoms with Gasteiger partial charge in [0.25, 0.3) is 0 Å². The van der Waals surface area contributed by atoms with Gasteiger partial charge in [-0.15, -0.1) is 12.4 Å². The number of hydrogen-bond acceptors (Lipinski definition) is 5. The smallest absolute Gasteiger partial charge is 0.135 e. The number of nitrogens with one attached hydrogen (secondary N) is 2. The van der Waals surface area contributed by atoms with E-state index in [0.29, 0.717) is 5.92 Å². The third-order valence-electron chi connectivity index (χ3n) is 3.79. The molecule has 0 amide bonds. The molecule has 1 saturated heterocycles. The molecular formula is C16H22ClN5. The Labute approximate surface area is 137 Å². The van der Waals surface area contributed by atoms with E-state index in [2.05, 4.69) is 20.6 Å². The molecule has 1 unspecified atom stereocenters. The second kappa shape index (κ2) is 7.51. The zero-order chi connectivity index (χ0) is 14.7. The minimum absolute atomic E-state index is 0. The average Bonchev–Trinajstić information content (AvgIpc) is 2.50. The van der Waals surface area contributed by atoms with Crippen molar-refractivity contribution >= 4 is 24.0 Å². The Hall–Kier alpha value is -1.72. The van der Waals surface area contributed by atoms with Crippen molar-refractivity contribution in [3.63, 3.8) is 0 Å². The maximum atomic E-state index is 4.69. The zero-order valence-electron chi connectivity index (χ0n) is 13.0. The summed E-state index contributed by atoms with van der Waals surface area (Å²) in [7, 11) is 0. The van der Waals surface area contributed by atoms with Crippen LogP contribution in [0.1, 0.15) is 35.8 Å². The molecule has 2 aromatic rings. The van der Waals surface area contributed by atoms with E-state index in [1.54, 1.807) is 6.20 Å². The highest BCUT2D eigenvalue weighted by atomic mass is 35.5. The fraction of sp³-hybridized carbons (Fsp3) is 0.438. The van der Waals surface area contributed by atoms with E-state index in [1.165, 1.54) is 6.42 Å². The lowest BCUT2D eigenvalue weighted by Gasteiger charge is -2.22. The van der Waals surface area contributed by atoms with Gasteiger partial charge in [-0.25, -0.2) is 15.0 Å². The molecule has 0 aromatic carbocycles. The molecule has 0 bridgehead atoms. The maximum Gasteiger partial charge on any atom is 0.135 e. The van der Waals surface area contributed by atoms with Crippen LogP contribution >= 0.6 is 12.4 Å². The normalized spacial score (nSPS) is 17.6. The van der Waals surface area contributed by atoms with Crippen LogP contribution in [0.5, 0.6) is 0 Å². The molecule has 1 aliphatic rings. The van der Waals surface area contributed by atoms with E-state index in [-0.39, 0.29) is 12.4 Å². The van der Waals surface area contributed by atoms with Crippen molar-refractivity contribution in [2.75, 3.05) is 18.4 Å². The topological polar surface area (TPSA) is 62.7 Å². The van der Waals surface area contributed by atoms with Gasteiger partial charge in [0.15, 0.2) is 0 Å². The van der Waals surface area contributed by atoms with Crippen LogP contribution in [-0.2, 0) is 0 Å². The first-order chi connectivity index (χ1) is 10.2. The van der Waals surface area contributed by atoms with Crippen molar-refractivity contribution in [3.8, 4) is 0 Å². The van der Waals surface area contributed by atoms with Crippen molar-refractivity contribution in [3.05, 3.63) is 41.5 Å². The van der Waals surface area contributed by atoms with Gasteiger partial charge < -0.3 is 10.6 Å². The number of rotatable bonds is 3. The first-order valence-electron chi connectivity index (χ1n) is 7.47. The van der Waals surface area contributed by atoms with E-state index in [1.807, 2.05) is 32.0 Å². The summed E-state index contributed by atoms with van der Waals surface area (Å²) in [5.74, 6) is 3.01. The average molecular weight is 320 g/mol. The second-order valence-electron chi connectivity index (χ2n) is 5.59. The van der Waals surface area contributed by atoms with E-state index in [0.717, 1.165) is 48.2 Å². The summed E-state index contributed by atoms with van der Waals surface area (Å²) >= 11 is 0. The summed E-state index contributed by atoms with van der Waals surface area (Å²) in [6.45, 7) is 6.11. The first-order valence-corrected chi connectivity index (χ1v) is 7.47. The number of aromatic nitrogens is 3. The number of hydrogen-bond donors (Lipinski definition) is 2. The minimum atomic E-state index is 0. The van der Waals surface area contributed by atoms with Gasteiger partial charge in [0.05, 0.1) is 0 Å². The minimum Gasteiger partial charge on any atom is -0.325 e. The molecule has 0 spiro atoms. The number of anilines is 2. The van der Waals surface area contributed by atoms with Gasteiger partial charge in [-0.3, -0.25) is 0 Å². The van der Waals surface area contributed by atoms with Gasteiger partial charge in [0.1, 0.15) is 17.5 Å². The molecule has 0 radical (unpaired) electrons. The summed E-state index contributed by atoms with van der Waals surface area (Å²) in [6.07, 6.45) is 4.12. The molecular weight excluding hydrogens is 298 g/mol. The number of aryl methyl sites for hydroxylation is 2. The Morgan fingerprint density at radius 3 is 2.86 bits per heavy atom. The van der Waals surface area contributed by atoms with E-state index in [4.69, 9.17) is 4.98 Å².